The fourth-order valence-corrected chi connectivity index (χ4v) is 3.88. The lowest BCUT2D eigenvalue weighted by Crippen LogP contribution is -2.44. The third-order valence-corrected chi connectivity index (χ3v) is 5.97. The summed E-state index contributed by atoms with van der Waals surface area (Å²) in [5, 5.41) is 7.10. The number of hydrogen-bond acceptors (Lipinski definition) is 10. The molecular weight excluding hydrogens is 478 g/mol. The Morgan fingerprint density at radius 3 is 2.59 bits per heavy atom. The quantitative estimate of drug-likeness (QED) is 0.390. The molecular formula is C25H31N7O5. The van der Waals surface area contributed by atoms with Gasteiger partial charge in [-0.05, 0) is 31.3 Å². The van der Waals surface area contributed by atoms with E-state index in [1.54, 1.807) is 44.6 Å². The molecule has 0 atom stereocenters. The number of aromatic nitrogens is 4. The molecule has 1 N–H and O–H groups in total. The Balaban J connectivity index is 1.31. The predicted octanol–water partition coefficient (Wildman–Crippen LogP) is 0.665. The molecule has 0 spiro atoms. The molecule has 12 heteroatoms. The van der Waals surface area contributed by atoms with Crippen molar-refractivity contribution in [2.24, 2.45) is 0 Å². The maximum absolute atomic E-state index is 12.5. The summed E-state index contributed by atoms with van der Waals surface area (Å²) in [4.78, 5) is 37.8. The summed E-state index contributed by atoms with van der Waals surface area (Å²) in [6, 6.07) is 10.0. The summed E-state index contributed by atoms with van der Waals surface area (Å²) < 4.78 is 17.5. The molecule has 0 radical (unpaired) electrons. The van der Waals surface area contributed by atoms with E-state index in [1.807, 2.05) is 0 Å². The van der Waals surface area contributed by atoms with Crippen LogP contribution < -0.4 is 30.0 Å². The number of ether oxygens (including phenoxy) is 3. The molecule has 37 heavy (non-hydrogen) atoms. The van der Waals surface area contributed by atoms with Crippen molar-refractivity contribution in [2.75, 3.05) is 65.5 Å². The van der Waals surface area contributed by atoms with E-state index >= 15 is 0 Å². The molecule has 0 saturated carbocycles. The van der Waals surface area contributed by atoms with E-state index in [-0.39, 0.29) is 25.6 Å². The minimum Gasteiger partial charge on any atom is -0.497 e. The number of rotatable bonds is 10. The van der Waals surface area contributed by atoms with E-state index < -0.39 is 5.56 Å². The summed E-state index contributed by atoms with van der Waals surface area (Å²) in [7, 11) is 5.21. The number of likely N-dealkylation sites (N-methyl/N-ethyl adjacent to an activating group) is 1. The van der Waals surface area contributed by atoms with Crippen LogP contribution in [0.2, 0.25) is 0 Å². The van der Waals surface area contributed by atoms with E-state index in [9.17, 15) is 9.59 Å². The summed E-state index contributed by atoms with van der Waals surface area (Å²) in [5.74, 6) is 2.08. The first-order valence-electron chi connectivity index (χ1n) is 11.9. The number of methoxy groups -OCH3 is 2. The van der Waals surface area contributed by atoms with Gasteiger partial charge in [0.05, 0.1) is 26.5 Å². The molecule has 1 amide bonds. The largest absolute Gasteiger partial charge is 0.497 e. The fourth-order valence-electron chi connectivity index (χ4n) is 3.88. The Labute approximate surface area is 214 Å². The number of nitrogens with zero attached hydrogens (tertiary/aromatic N) is 6. The molecule has 1 saturated heterocycles. The molecule has 3 aromatic rings. The van der Waals surface area contributed by atoms with Crippen LogP contribution in [-0.2, 0) is 11.3 Å². The van der Waals surface area contributed by atoms with Gasteiger partial charge in [0.1, 0.15) is 36.8 Å². The number of carbonyl (C=O) groups is 1. The summed E-state index contributed by atoms with van der Waals surface area (Å²) in [6.45, 7) is 3.95. The van der Waals surface area contributed by atoms with Gasteiger partial charge in [0.2, 0.25) is 11.8 Å². The Morgan fingerprint density at radius 1 is 1.03 bits per heavy atom. The van der Waals surface area contributed by atoms with E-state index in [4.69, 9.17) is 14.2 Å². The van der Waals surface area contributed by atoms with Crippen LogP contribution in [0.3, 0.4) is 0 Å². The number of carbonyl (C=O) groups excluding carboxylic acids is 1. The number of amides is 1. The van der Waals surface area contributed by atoms with Crippen molar-refractivity contribution < 1.29 is 19.0 Å². The topological polar surface area (TPSA) is 124 Å². The third-order valence-electron chi connectivity index (χ3n) is 5.97. The van der Waals surface area contributed by atoms with Gasteiger partial charge in [0.15, 0.2) is 0 Å². The average molecular weight is 510 g/mol. The highest BCUT2D eigenvalue weighted by Gasteiger charge is 2.16. The molecule has 0 aliphatic carbocycles. The minimum atomic E-state index is -0.394. The third kappa shape index (κ3) is 6.73. The summed E-state index contributed by atoms with van der Waals surface area (Å²) in [5.41, 5.74) is 0.728. The van der Waals surface area contributed by atoms with Crippen molar-refractivity contribution in [3.05, 3.63) is 53.1 Å². The van der Waals surface area contributed by atoms with Crippen LogP contribution in [0.4, 0.5) is 5.82 Å². The molecule has 3 heterocycles. The van der Waals surface area contributed by atoms with E-state index in [0.29, 0.717) is 28.6 Å². The van der Waals surface area contributed by atoms with Crippen molar-refractivity contribution >= 4 is 11.7 Å². The van der Waals surface area contributed by atoms with Gasteiger partial charge in [-0.3, -0.25) is 9.59 Å². The smallest absolute Gasteiger partial charge is 0.267 e. The molecule has 1 aliphatic heterocycles. The normalized spacial score (nSPS) is 13.8. The second-order valence-electron chi connectivity index (χ2n) is 8.48. The van der Waals surface area contributed by atoms with Crippen LogP contribution in [0.25, 0.3) is 11.3 Å². The summed E-state index contributed by atoms with van der Waals surface area (Å²) >= 11 is 0. The van der Waals surface area contributed by atoms with Crippen molar-refractivity contribution in [3.8, 4) is 28.6 Å². The lowest BCUT2D eigenvalue weighted by molar-refractivity contribution is -0.122. The van der Waals surface area contributed by atoms with Crippen molar-refractivity contribution in [3.63, 3.8) is 0 Å². The number of hydrogen-bond donors (Lipinski definition) is 1. The Kier molecular flexibility index (Phi) is 8.52. The highest BCUT2D eigenvalue weighted by Crippen LogP contribution is 2.31. The Morgan fingerprint density at radius 2 is 1.84 bits per heavy atom. The first kappa shape index (κ1) is 25.9. The average Bonchev–Trinajstić information content (AvgIpc) is 2.92. The SMILES string of the molecule is COc1ccc(OC)c(-c2ccc(=O)n(CC(=O)NCCOc3cc(N4CCN(C)CC4)ncn3)n2)c1. The lowest BCUT2D eigenvalue weighted by Gasteiger charge is -2.33. The van der Waals surface area contributed by atoms with Gasteiger partial charge in [-0.1, -0.05) is 0 Å². The fraction of sp³-hybridized carbons (Fsp3) is 0.400. The van der Waals surface area contributed by atoms with Crippen LogP contribution in [-0.4, -0.2) is 91.2 Å². The van der Waals surface area contributed by atoms with Crippen LogP contribution in [0.15, 0.2) is 47.5 Å². The molecule has 4 rings (SSSR count). The molecule has 1 aromatic carbocycles. The van der Waals surface area contributed by atoms with Gasteiger partial charge in [0, 0.05) is 43.9 Å². The monoisotopic (exact) mass is 509 g/mol. The van der Waals surface area contributed by atoms with Crippen molar-refractivity contribution in [1.82, 2.24) is 30.0 Å². The van der Waals surface area contributed by atoms with E-state index in [1.165, 1.54) is 12.4 Å². The number of piperazine rings is 1. The highest BCUT2D eigenvalue weighted by molar-refractivity contribution is 5.75. The Bertz CT molecular complexity index is 1270. The maximum atomic E-state index is 12.5. The lowest BCUT2D eigenvalue weighted by atomic mass is 10.1. The van der Waals surface area contributed by atoms with Crippen molar-refractivity contribution in [2.45, 2.75) is 6.54 Å². The first-order chi connectivity index (χ1) is 18.0. The second kappa shape index (κ2) is 12.2. The zero-order valence-corrected chi connectivity index (χ0v) is 21.2. The van der Waals surface area contributed by atoms with Crippen molar-refractivity contribution in [1.29, 1.82) is 0 Å². The zero-order chi connectivity index (χ0) is 26.2. The zero-order valence-electron chi connectivity index (χ0n) is 21.2. The highest BCUT2D eigenvalue weighted by atomic mass is 16.5. The molecule has 0 bridgehead atoms. The number of anilines is 1. The number of benzene rings is 1. The second-order valence-corrected chi connectivity index (χ2v) is 8.48. The van der Waals surface area contributed by atoms with E-state index in [2.05, 4.69) is 37.2 Å². The van der Waals surface area contributed by atoms with Crippen LogP contribution in [0, 0.1) is 0 Å². The van der Waals surface area contributed by atoms with Gasteiger partial charge < -0.3 is 29.3 Å². The first-order valence-corrected chi connectivity index (χ1v) is 11.9. The van der Waals surface area contributed by atoms with Crippen LogP contribution in [0.1, 0.15) is 0 Å². The number of nitrogens with one attached hydrogen (secondary N) is 1. The molecule has 0 unspecified atom stereocenters. The minimum absolute atomic E-state index is 0.217. The van der Waals surface area contributed by atoms with Crippen LogP contribution >= 0.6 is 0 Å². The standard InChI is InChI=1S/C25H31N7O5/c1-30-9-11-31(12-10-30)22-15-24(28-17-27-22)37-13-8-26-23(33)16-32-25(34)7-5-20(29-32)19-14-18(35-2)4-6-21(19)36-3/h4-7,14-15,17H,8-13,16H2,1-3H3,(H,26,33). The van der Waals surface area contributed by atoms with Gasteiger partial charge >= 0.3 is 0 Å². The van der Waals surface area contributed by atoms with Gasteiger partial charge in [-0.2, -0.15) is 5.10 Å². The molecule has 196 valence electrons. The molecule has 1 fully saturated rings. The molecule has 12 nitrogen and oxygen atoms in total. The molecule has 2 aromatic heterocycles. The predicted molar refractivity (Wildman–Crippen MR) is 137 cm³/mol. The van der Waals surface area contributed by atoms with E-state index in [0.717, 1.165) is 36.7 Å². The Hall–Kier alpha value is -4.19. The molecule has 1 aliphatic rings. The van der Waals surface area contributed by atoms with Gasteiger partial charge in [-0.25, -0.2) is 14.6 Å². The summed E-state index contributed by atoms with van der Waals surface area (Å²) in [6.07, 6.45) is 1.48. The van der Waals surface area contributed by atoms with Gasteiger partial charge in [0.25, 0.3) is 5.56 Å². The maximum Gasteiger partial charge on any atom is 0.267 e. The van der Waals surface area contributed by atoms with Gasteiger partial charge in [-0.15, -0.1) is 0 Å². The van der Waals surface area contributed by atoms with Crippen LogP contribution in [0.5, 0.6) is 17.4 Å².